The molecule has 0 heterocycles. The van der Waals surface area contributed by atoms with Gasteiger partial charge in [-0.05, 0) is 36.6 Å². The van der Waals surface area contributed by atoms with E-state index in [1.807, 2.05) is 6.07 Å². The number of rotatable bonds is 6. The standard InChI is InChI=1S/C13H19ClN2O/c1-9(2)5-6-16-8-11-4-3-10(13(15)17)7-12(11)14/h3-4,7,9,16H,5-6,8H2,1-2H3,(H2,15,17). The van der Waals surface area contributed by atoms with E-state index < -0.39 is 5.91 Å². The molecule has 0 saturated heterocycles. The highest BCUT2D eigenvalue weighted by atomic mass is 35.5. The second kappa shape index (κ2) is 6.62. The molecule has 1 aromatic rings. The van der Waals surface area contributed by atoms with Gasteiger partial charge in [0.1, 0.15) is 0 Å². The molecule has 0 aliphatic carbocycles. The van der Waals surface area contributed by atoms with Crippen LogP contribution in [-0.4, -0.2) is 12.5 Å². The molecule has 0 bridgehead atoms. The molecule has 94 valence electrons. The molecular formula is C13H19ClN2O. The van der Waals surface area contributed by atoms with Gasteiger partial charge in [-0.2, -0.15) is 0 Å². The summed E-state index contributed by atoms with van der Waals surface area (Å²) in [5.41, 5.74) is 6.61. The van der Waals surface area contributed by atoms with Crippen molar-refractivity contribution in [2.45, 2.75) is 26.8 Å². The highest BCUT2D eigenvalue weighted by Crippen LogP contribution is 2.17. The van der Waals surface area contributed by atoms with Crippen molar-refractivity contribution >= 4 is 17.5 Å². The first-order chi connectivity index (χ1) is 8.00. The van der Waals surface area contributed by atoms with E-state index in [0.29, 0.717) is 23.0 Å². The van der Waals surface area contributed by atoms with E-state index in [0.717, 1.165) is 18.5 Å². The van der Waals surface area contributed by atoms with Gasteiger partial charge in [0.05, 0.1) is 0 Å². The molecule has 17 heavy (non-hydrogen) atoms. The molecule has 4 heteroatoms. The first-order valence-electron chi connectivity index (χ1n) is 5.79. The monoisotopic (exact) mass is 254 g/mol. The van der Waals surface area contributed by atoms with Gasteiger partial charge in [0.15, 0.2) is 0 Å². The van der Waals surface area contributed by atoms with Crippen LogP contribution in [0.4, 0.5) is 0 Å². The molecule has 1 amide bonds. The summed E-state index contributed by atoms with van der Waals surface area (Å²) in [5.74, 6) is 0.237. The van der Waals surface area contributed by atoms with Crippen LogP contribution in [0.2, 0.25) is 5.02 Å². The van der Waals surface area contributed by atoms with E-state index in [1.54, 1.807) is 12.1 Å². The van der Waals surface area contributed by atoms with Crippen molar-refractivity contribution in [2.75, 3.05) is 6.54 Å². The Bertz CT molecular complexity index is 391. The number of benzene rings is 1. The predicted octanol–water partition coefficient (Wildman–Crippen LogP) is 2.57. The summed E-state index contributed by atoms with van der Waals surface area (Å²) in [4.78, 5) is 10.9. The van der Waals surface area contributed by atoms with Crippen LogP contribution < -0.4 is 11.1 Å². The zero-order valence-corrected chi connectivity index (χ0v) is 11.1. The van der Waals surface area contributed by atoms with Crippen molar-refractivity contribution in [1.29, 1.82) is 0 Å². The highest BCUT2D eigenvalue weighted by Gasteiger charge is 2.05. The minimum absolute atomic E-state index is 0.445. The molecule has 0 unspecified atom stereocenters. The molecule has 1 aromatic carbocycles. The number of amides is 1. The third-order valence-corrected chi connectivity index (χ3v) is 2.90. The van der Waals surface area contributed by atoms with E-state index >= 15 is 0 Å². The smallest absolute Gasteiger partial charge is 0.248 e. The van der Waals surface area contributed by atoms with E-state index in [-0.39, 0.29) is 0 Å². The van der Waals surface area contributed by atoms with Crippen molar-refractivity contribution < 1.29 is 4.79 Å². The van der Waals surface area contributed by atoms with Gasteiger partial charge < -0.3 is 11.1 Å². The lowest BCUT2D eigenvalue weighted by molar-refractivity contribution is 0.100. The Morgan fingerprint density at radius 2 is 2.18 bits per heavy atom. The average molecular weight is 255 g/mol. The fourth-order valence-corrected chi connectivity index (χ4v) is 1.71. The first-order valence-corrected chi connectivity index (χ1v) is 6.17. The molecule has 3 N–H and O–H groups in total. The van der Waals surface area contributed by atoms with Gasteiger partial charge in [0.25, 0.3) is 0 Å². The van der Waals surface area contributed by atoms with Crippen molar-refractivity contribution in [1.82, 2.24) is 5.32 Å². The Kier molecular flexibility index (Phi) is 5.45. The SMILES string of the molecule is CC(C)CCNCc1ccc(C(N)=O)cc1Cl. The summed E-state index contributed by atoms with van der Waals surface area (Å²) >= 11 is 6.07. The van der Waals surface area contributed by atoms with Crippen LogP contribution in [-0.2, 0) is 6.54 Å². The van der Waals surface area contributed by atoms with Gasteiger partial charge in [0.2, 0.25) is 5.91 Å². The Hall–Kier alpha value is -1.06. The number of halogens is 1. The van der Waals surface area contributed by atoms with Crippen LogP contribution in [0.5, 0.6) is 0 Å². The van der Waals surface area contributed by atoms with Gasteiger partial charge in [-0.25, -0.2) is 0 Å². The largest absolute Gasteiger partial charge is 0.366 e. The fourth-order valence-electron chi connectivity index (χ4n) is 1.46. The summed E-state index contributed by atoms with van der Waals surface area (Å²) in [6, 6.07) is 5.15. The van der Waals surface area contributed by atoms with Crippen molar-refractivity contribution in [3.8, 4) is 0 Å². The quantitative estimate of drug-likeness (QED) is 0.767. The lowest BCUT2D eigenvalue weighted by Gasteiger charge is -2.09. The maximum Gasteiger partial charge on any atom is 0.248 e. The van der Waals surface area contributed by atoms with Crippen LogP contribution in [0.15, 0.2) is 18.2 Å². The molecule has 0 aliphatic heterocycles. The zero-order valence-electron chi connectivity index (χ0n) is 10.3. The number of hydrogen-bond acceptors (Lipinski definition) is 2. The van der Waals surface area contributed by atoms with Crippen LogP contribution in [0.1, 0.15) is 36.2 Å². The molecule has 1 rings (SSSR count). The summed E-state index contributed by atoms with van der Waals surface area (Å²) in [6.07, 6.45) is 1.14. The average Bonchev–Trinajstić information content (AvgIpc) is 2.25. The maximum absolute atomic E-state index is 10.9. The minimum Gasteiger partial charge on any atom is -0.366 e. The molecule has 0 radical (unpaired) electrons. The molecule has 3 nitrogen and oxygen atoms in total. The number of nitrogens with two attached hydrogens (primary N) is 1. The molecular weight excluding hydrogens is 236 g/mol. The van der Waals surface area contributed by atoms with E-state index in [1.165, 1.54) is 0 Å². The van der Waals surface area contributed by atoms with Crippen molar-refractivity contribution in [3.05, 3.63) is 34.3 Å². The van der Waals surface area contributed by atoms with E-state index in [2.05, 4.69) is 19.2 Å². The predicted molar refractivity (Wildman–Crippen MR) is 71.1 cm³/mol. The highest BCUT2D eigenvalue weighted by molar-refractivity contribution is 6.31. The number of primary amides is 1. The third kappa shape index (κ3) is 4.75. The molecule has 0 aliphatic rings. The second-order valence-electron chi connectivity index (χ2n) is 4.53. The Morgan fingerprint density at radius 1 is 1.47 bits per heavy atom. The third-order valence-electron chi connectivity index (χ3n) is 2.55. The van der Waals surface area contributed by atoms with Crippen LogP contribution in [0, 0.1) is 5.92 Å². The number of hydrogen-bond donors (Lipinski definition) is 2. The van der Waals surface area contributed by atoms with Gasteiger partial charge in [-0.1, -0.05) is 31.5 Å². The molecule has 0 saturated carbocycles. The molecule has 0 aromatic heterocycles. The summed E-state index contributed by atoms with van der Waals surface area (Å²) in [6.45, 7) is 6.06. The normalized spacial score (nSPS) is 10.8. The van der Waals surface area contributed by atoms with E-state index in [4.69, 9.17) is 17.3 Å². The Labute approximate surface area is 107 Å². The molecule has 0 fully saturated rings. The van der Waals surface area contributed by atoms with E-state index in [9.17, 15) is 4.79 Å². The van der Waals surface area contributed by atoms with Crippen LogP contribution in [0.3, 0.4) is 0 Å². The van der Waals surface area contributed by atoms with Gasteiger partial charge in [-0.3, -0.25) is 4.79 Å². The summed E-state index contributed by atoms with van der Waals surface area (Å²) in [7, 11) is 0. The lowest BCUT2D eigenvalue weighted by atomic mass is 10.1. The number of nitrogens with one attached hydrogen (secondary N) is 1. The summed E-state index contributed by atoms with van der Waals surface area (Å²) < 4.78 is 0. The van der Waals surface area contributed by atoms with Crippen molar-refractivity contribution in [2.24, 2.45) is 11.7 Å². The van der Waals surface area contributed by atoms with Crippen LogP contribution in [0.25, 0.3) is 0 Å². The van der Waals surface area contributed by atoms with Gasteiger partial charge in [-0.15, -0.1) is 0 Å². The summed E-state index contributed by atoms with van der Waals surface area (Å²) in [5, 5.41) is 3.90. The zero-order chi connectivity index (χ0) is 12.8. The minimum atomic E-state index is -0.453. The Balaban J connectivity index is 2.52. The van der Waals surface area contributed by atoms with Crippen molar-refractivity contribution in [3.63, 3.8) is 0 Å². The Morgan fingerprint density at radius 3 is 2.71 bits per heavy atom. The van der Waals surface area contributed by atoms with Gasteiger partial charge in [0, 0.05) is 17.1 Å². The lowest BCUT2D eigenvalue weighted by Crippen LogP contribution is -2.17. The first kappa shape index (κ1) is 14.0. The second-order valence-corrected chi connectivity index (χ2v) is 4.94. The maximum atomic E-state index is 10.9. The van der Waals surface area contributed by atoms with Gasteiger partial charge >= 0.3 is 0 Å². The van der Waals surface area contributed by atoms with Crippen LogP contribution >= 0.6 is 11.6 Å². The molecule has 0 atom stereocenters. The number of carbonyl (C=O) groups excluding carboxylic acids is 1. The number of carbonyl (C=O) groups is 1. The fraction of sp³-hybridized carbons (Fsp3) is 0.462. The topological polar surface area (TPSA) is 55.1 Å². The molecule has 0 spiro atoms.